The van der Waals surface area contributed by atoms with E-state index in [0.29, 0.717) is 11.8 Å². The lowest BCUT2D eigenvalue weighted by Gasteiger charge is -2.32. The largest absolute Gasteiger partial charge is 0.421 e. The first-order valence-electron chi connectivity index (χ1n) is 8.44. The highest BCUT2D eigenvalue weighted by molar-refractivity contribution is 6.23. The van der Waals surface area contributed by atoms with Crippen molar-refractivity contribution in [3.63, 3.8) is 0 Å². The molecule has 3 rings (SSSR count). The number of fused-ring (bicyclic) bond motifs is 1. The van der Waals surface area contributed by atoms with Gasteiger partial charge in [-0.05, 0) is 12.5 Å². The fourth-order valence-electron chi connectivity index (χ4n) is 3.16. The van der Waals surface area contributed by atoms with E-state index in [9.17, 15) is 14.4 Å². The van der Waals surface area contributed by atoms with Crippen LogP contribution < -0.4 is 5.73 Å². The number of primary amides is 1. The van der Waals surface area contributed by atoms with Crippen molar-refractivity contribution in [3.8, 4) is 0 Å². The quantitative estimate of drug-likeness (QED) is 0.694. The van der Waals surface area contributed by atoms with E-state index < -0.39 is 30.4 Å². The van der Waals surface area contributed by atoms with Crippen molar-refractivity contribution in [2.24, 2.45) is 10.7 Å². The SMILES string of the molecule is CCc1cc(CC)n(C2=[N+](C)C3C(=O)N(CC(N)=O)C(=O)N(C)C3=N2)n1. The molecule has 1 aromatic rings. The highest BCUT2D eigenvalue weighted by Crippen LogP contribution is 2.20. The lowest BCUT2D eigenvalue weighted by Crippen LogP contribution is -2.63. The Bertz CT molecular complexity index is 867. The topological polar surface area (TPSA) is 117 Å². The lowest BCUT2D eigenvalue weighted by atomic mass is 10.1. The van der Waals surface area contributed by atoms with Gasteiger partial charge in [-0.15, -0.1) is 9.78 Å². The van der Waals surface area contributed by atoms with E-state index in [2.05, 4.69) is 10.1 Å². The maximum Gasteiger partial charge on any atom is 0.421 e. The molecule has 1 fully saturated rings. The van der Waals surface area contributed by atoms with Crippen molar-refractivity contribution in [3.05, 3.63) is 17.5 Å². The number of aromatic nitrogens is 2. The first-order chi connectivity index (χ1) is 12.3. The summed E-state index contributed by atoms with van der Waals surface area (Å²) in [6.45, 7) is 3.56. The van der Waals surface area contributed by atoms with Gasteiger partial charge < -0.3 is 5.73 Å². The monoisotopic (exact) mass is 360 g/mol. The molecule has 4 amide bonds. The van der Waals surface area contributed by atoms with Crippen LogP contribution in [0.25, 0.3) is 0 Å². The molecule has 2 N–H and O–H groups in total. The molecule has 0 aliphatic carbocycles. The van der Waals surface area contributed by atoms with E-state index in [4.69, 9.17) is 5.73 Å². The summed E-state index contributed by atoms with van der Waals surface area (Å²) >= 11 is 0. The van der Waals surface area contributed by atoms with Crippen molar-refractivity contribution >= 4 is 29.6 Å². The van der Waals surface area contributed by atoms with Gasteiger partial charge in [-0.1, -0.05) is 18.8 Å². The molecule has 1 unspecified atom stereocenters. The predicted octanol–water partition coefficient (Wildman–Crippen LogP) is -0.986. The van der Waals surface area contributed by atoms with Crippen LogP contribution in [0.5, 0.6) is 0 Å². The van der Waals surface area contributed by atoms with Gasteiger partial charge in [0.1, 0.15) is 12.2 Å². The third kappa shape index (κ3) is 2.57. The van der Waals surface area contributed by atoms with E-state index in [1.165, 1.54) is 11.9 Å². The summed E-state index contributed by atoms with van der Waals surface area (Å²) in [6.07, 6.45) is 1.52. The second kappa shape index (κ2) is 6.36. The third-order valence-corrected chi connectivity index (χ3v) is 4.58. The molecule has 2 aliphatic heterocycles. The van der Waals surface area contributed by atoms with E-state index >= 15 is 0 Å². The minimum absolute atomic E-state index is 0.314. The van der Waals surface area contributed by atoms with Gasteiger partial charge in [0.15, 0.2) is 0 Å². The summed E-state index contributed by atoms with van der Waals surface area (Å²) in [5.41, 5.74) is 7.05. The molecule has 26 heavy (non-hydrogen) atoms. The Morgan fingerprint density at radius 2 is 2.00 bits per heavy atom. The Labute approximate surface area is 150 Å². The van der Waals surface area contributed by atoms with E-state index in [-0.39, 0.29) is 0 Å². The number of amidine groups is 1. The number of carbonyl (C=O) groups is 3. The zero-order valence-corrected chi connectivity index (χ0v) is 15.3. The van der Waals surface area contributed by atoms with Crippen LogP contribution in [-0.2, 0) is 22.4 Å². The van der Waals surface area contributed by atoms with Crippen molar-refractivity contribution < 1.29 is 19.0 Å². The number of nitrogens with zero attached hydrogens (tertiary/aromatic N) is 6. The van der Waals surface area contributed by atoms with E-state index in [0.717, 1.165) is 29.1 Å². The van der Waals surface area contributed by atoms with Crippen LogP contribution in [0.2, 0.25) is 0 Å². The number of aliphatic imine (C=N–C) groups is 1. The number of amides is 4. The summed E-state index contributed by atoms with van der Waals surface area (Å²) in [7, 11) is 3.24. The second-order valence-electron chi connectivity index (χ2n) is 6.26. The number of nitrogens with two attached hydrogens (primary N) is 1. The number of hydrogen-bond donors (Lipinski definition) is 1. The van der Waals surface area contributed by atoms with Gasteiger partial charge in [0.25, 0.3) is 5.91 Å². The summed E-state index contributed by atoms with van der Waals surface area (Å²) in [6, 6.07) is 0.578. The van der Waals surface area contributed by atoms with E-state index in [1.54, 1.807) is 16.3 Å². The number of aryl methyl sites for hydroxylation is 2. The molecule has 10 nitrogen and oxygen atoms in total. The number of carbonyl (C=O) groups excluding carboxylic acids is 3. The van der Waals surface area contributed by atoms with Gasteiger partial charge in [0.05, 0.1) is 12.7 Å². The first-order valence-corrected chi connectivity index (χ1v) is 8.44. The molecule has 138 valence electrons. The Kier molecular flexibility index (Phi) is 4.34. The van der Waals surface area contributed by atoms with Crippen LogP contribution in [0, 0.1) is 0 Å². The van der Waals surface area contributed by atoms with Gasteiger partial charge >= 0.3 is 12.0 Å². The van der Waals surface area contributed by atoms with Crippen molar-refractivity contribution in [1.29, 1.82) is 0 Å². The Morgan fingerprint density at radius 3 is 2.58 bits per heavy atom. The number of urea groups is 1. The van der Waals surface area contributed by atoms with Gasteiger partial charge in [0, 0.05) is 13.5 Å². The maximum absolute atomic E-state index is 12.8. The lowest BCUT2D eigenvalue weighted by molar-refractivity contribution is -0.507. The number of imide groups is 1. The van der Waals surface area contributed by atoms with Crippen LogP contribution in [0.1, 0.15) is 25.2 Å². The maximum atomic E-state index is 12.8. The molecule has 10 heteroatoms. The molecular formula is C16H22N7O3+. The average Bonchev–Trinajstić information content (AvgIpc) is 3.17. The van der Waals surface area contributed by atoms with Gasteiger partial charge in [-0.2, -0.15) is 0 Å². The highest BCUT2D eigenvalue weighted by atomic mass is 16.2. The second-order valence-corrected chi connectivity index (χ2v) is 6.26. The minimum atomic E-state index is -0.800. The summed E-state index contributed by atoms with van der Waals surface area (Å²) < 4.78 is 3.37. The van der Waals surface area contributed by atoms with Crippen LogP contribution in [0.4, 0.5) is 4.79 Å². The summed E-state index contributed by atoms with van der Waals surface area (Å²) in [5.74, 6) is -0.494. The first kappa shape index (κ1) is 17.8. The van der Waals surface area contributed by atoms with Crippen molar-refractivity contribution in [2.45, 2.75) is 32.7 Å². The fourth-order valence-corrected chi connectivity index (χ4v) is 3.16. The Balaban J connectivity index is 2.08. The third-order valence-electron chi connectivity index (χ3n) is 4.58. The van der Waals surface area contributed by atoms with Gasteiger partial charge in [-0.3, -0.25) is 19.4 Å². The number of hydrogen-bond acceptors (Lipinski definition) is 5. The molecule has 1 saturated heterocycles. The van der Waals surface area contributed by atoms with Crippen LogP contribution in [0.15, 0.2) is 11.1 Å². The van der Waals surface area contributed by atoms with Crippen molar-refractivity contribution in [1.82, 2.24) is 19.6 Å². The average molecular weight is 360 g/mol. The Morgan fingerprint density at radius 1 is 1.31 bits per heavy atom. The Hall–Kier alpha value is -3.04. The normalized spacial score (nSPS) is 20.0. The van der Waals surface area contributed by atoms with Crippen LogP contribution in [0.3, 0.4) is 0 Å². The molecule has 0 bridgehead atoms. The summed E-state index contributed by atoms with van der Waals surface area (Å²) in [5, 5.41) is 4.55. The molecule has 0 radical (unpaired) electrons. The molecule has 3 heterocycles. The molecule has 1 aromatic heterocycles. The smallest absolute Gasteiger partial charge is 0.368 e. The van der Waals surface area contributed by atoms with E-state index in [1.807, 2.05) is 19.9 Å². The van der Waals surface area contributed by atoms with Gasteiger partial charge in [-0.25, -0.2) is 9.37 Å². The zero-order valence-electron chi connectivity index (χ0n) is 15.3. The number of likely N-dealkylation sites (N-methyl/N-ethyl adjacent to an activating group) is 2. The van der Waals surface area contributed by atoms with Crippen molar-refractivity contribution in [2.75, 3.05) is 20.6 Å². The standard InChI is InChI=1S/C16H21N7O3/c1-5-9-7-10(6-2)23(19-9)15-18-13-12(20(15)3)14(25)22(8-11(17)24)16(26)21(13)4/h7,12H,5-6,8H2,1-4H3,(H-,17,24)/p+1. The molecule has 0 spiro atoms. The summed E-state index contributed by atoms with van der Waals surface area (Å²) in [4.78, 5) is 43.1. The van der Waals surface area contributed by atoms with Gasteiger partial charge in [0.2, 0.25) is 17.8 Å². The van der Waals surface area contributed by atoms with Crippen LogP contribution in [-0.4, -0.2) is 80.5 Å². The van der Waals surface area contributed by atoms with Crippen LogP contribution >= 0.6 is 0 Å². The molecule has 0 saturated carbocycles. The molecule has 2 aliphatic rings. The molecule has 0 aromatic carbocycles. The number of rotatable bonds is 4. The molecule has 1 atom stereocenters. The highest BCUT2D eigenvalue weighted by Gasteiger charge is 2.52. The minimum Gasteiger partial charge on any atom is -0.368 e. The molecular weight excluding hydrogens is 338 g/mol. The predicted molar refractivity (Wildman–Crippen MR) is 92.9 cm³/mol. The fraction of sp³-hybridized carbons (Fsp3) is 0.500. The zero-order chi connectivity index (χ0) is 19.2.